The molecular formula is C17H17FN2O6S. The average Bonchev–Trinajstić information content (AvgIpc) is 2.61. The second-order valence-corrected chi connectivity index (χ2v) is 7.77. The smallest absolute Gasteiger partial charge is 0.271 e. The third kappa shape index (κ3) is 5.23. The maximum atomic E-state index is 13.5. The summed E-state index contributed by atoms with van der Waals surface area (Å²) in [7, 11) is -2.32. The van der Waals surface area contributed by atoms with E-state index in [1.54, 1.807) is 6.07 Å². The predicted octanol–water partition coefficient (Wildman–Crippen LogP) is 2.29. The summed E-state index contributed by atoms with van der Waals surface area (Å²) >= 11 is 0. The Morgan fingerprint density at radius 2 is 1.93 bits per heavy atom. The highest BCUT2D eigenvalue weighted by molar-refractivity contribution is 7.90. The zero-order valence-electron chi connectivity index (χ0n) is 14.6. The number of likely N-dealkylation sites (N-methyl/N-ethyl adjacent to an activating group) is 1. The van der Waals surface area contributed by atoms with Gasteiger partial charge in [0.05, 0.1) is 16.4 Å². The Hall–Kier alpha value is -3.01. The molecule has 10 heteroatoms. The fourth-order valence-electron chi connectivity index (χ4n) is 2.20. The largest absolute Gasteiger partial charge is 0.489 e. The zero-order valence-corrected chi connectivity index (χ0v) is 15.4. The number of rotatable bonds is 7. The van der Waals surface area contributed by atoms with Crippen molar-refractivity contribution < 1.29 is 27.3 Å². The van der Waals surface area contributed by atoms with E-state index in [1.807, 2.05) is 0 Å². The van der Waals surface area contributed by atoms with E-state index < -0.39 is 32.2 Å². The van der Waals surface area contributed by atoms with Gasteiger partial charge in [0.25, 0.3) is 11.6 Å². The molecule has 0 unspecified atom stereocenters. The molecule has 1 amide bonds. The average molecular weight is 396 g/mol. The molecule has 2 aromatic rings. The molecule has 2 aromatic carbocycles. The van der Waals surface area contributed by atoms with Gasteiger partial charge in [0, 0.05) is 31.0 Å². The van der Waals surface area contributed by atoms with Crippen molar-refractivity contribution in [2.24, 2.45) is 0 Å². The summed E-state index contributed by atoms with van der Waals surface area (Å²) < 4.78 is 42.2. The Morgan fingerprint density at radius 3 is 2.52 bits per heavy atom. The van der Waals surface area contributed by atoms with Crippen molar-refractivity contribution in [2.75, 3.05) is 26.5 Å². The third-order valence-corrected chi connectivity index (χ3v) is 4.74. The van der Waals surface area contributed by atoms with Crippen LogP contribution in [0.3, 0.4) is 0 Å². The van der Waals surface area contributed by atoms with Gasteiger partial charge in [-0.15, -0.1) is 0 Å². The number of hydrogen-bond acceptors (Lipinski definition) is 6. The zero-order chi connectivity index (χ0) is 20.2. The maximum absolute atomic E-state index is 13.5. The number of ether oxygens (including phenoxy) is 1. The minimum Gasteiger partial charge on any atom is -0.489 e. The molecule has 0 saturated carbocycles. The molecule has 0 saturated heterocycles. The van der Waals surface area contributed by atoms with Gasteiger partial charge in [-0.05, 0) is 18.2 Å². The number of carbonyl (C=O) groups is 1. The molecule has 0 aliphatic heterocycles. The molecule has 0 N–H and O–H groups in total. The van der Waals surface area contributed by atoms with Crippen molar-refractivity contribution in [2.45, 2.75) is 4.90 Å². The number of hydrogen-bond donors (Lipinski definition) is 0. The molecule has 0 spiro atoms. The van der Waals surface area contributed by atoms with E-state index in [4.69, 9.17) is 4.74 Å². The first-order chi connectivity index (χ1) is 12.6. The van der Waals surface area contributed by atoms with E-state index in [0.717, 1.165) is 24.5 Å². The molecule has 0 fully saturated rings. The van der Waals surface area contributed by atoms with Crippen LogP contribution in [0.2, 0.25) is 0 Å². The van der Waals surface area contributed by atoms with Gasteiger partial charge in [0.15, 0.2) is 21.4 Å². The first-order valence-corrected chi connectivity index (χ1v) is 9.61. The monoisotopic (exact) mass is 396 g/mol. The van der Waals surface area contributed by atoms with Gasteiger partial charge >= 0.3 is 0 Å². The third-order valence-electron chi connectivity index (χ3n) is 3.64. The Labute approximate surface area is 155 Å². The molecule has 0 aromatic heterocycles. The van der Waals surface area contributed by atoms with Gasteiger partial charge in [-0.2, -0.15) is 0 Å². The molecule has 0 bridgehead atoms. The second-order valence-electron chi connectivity index (χ2n) is 5.75. The molecule has 0 heterocycles. The van der Waals surface area contributed by atoms with Gasteiger partial charge < -0.3 is 9.64 Å². The highest BCUT2D eigenvalue weighted by atomic mass is 32.2. The fourth-order valence-corrected chi connectivity index (χ4v) is 2.88. The van der Waals surface area contributed by atoms with Crippen molar-refractivity contribution in [3.63, 3.8) is 0 Å². The van der Waals surface area contributed by atoms with Crippen LogP contribution in [0.5, 0.6) is 5.75 Å². The molecule has 0 aliphatic carbocycles. The molecule has 0 radical (unpaired) electrons. The Balaban J connectivity index is 2.15. The maximum Gasteiger partial charge on any atom is 0.271 e. The first kappa shape index (κ1) is 20.3. The van der Waals surface area contributed by atoms with Crippen LogP contribution in [-0.2, 0) is 9.84 Å². The van der Waals surface area contributed by atoms with E-state index in [-0.39, 0.29) is 29.4 Å². The topological polar surface area (TPSA) is 107 Å². The summed E-state index contributed by atoms with van der Waals surface area (Å²) in [6.45, 7) is 0.0428. The minimum atomic E-state index is -3.74. The van der Waals surface area contributed by atoms with Crippen LogP contribution in [0.15, 0.2) is 47.4 Å². The van der Waals surface area contributed by atoms with Crippen molar-refractivity contribution in [1.82, 2.24) is 4.90 Å². The van der Waals surface area contributed by atoms with Gasteiger partial charge in [-0.3, -0.25) is 14.9 Å². The number of carbonyl (C=O) groups excluding carboxylic acids is 1. The minimum absolute atomic E-state index is 0.0168. The summed E-state index contributed by atoms with van der Waals surface area (Å²) in [4.78, 5) is 23.6. The van der Waals surface area contributed by atoms with Crippen LogP contribution in [0.25, 0.3) is 0 Å². The summed E-state index contributed by atoms with van der Waals surface area (Å²) in [5.74, 6) is -1.13. The number of halogens is 1. The lowest BCUT2D eigenvalue weighted by molar-refractivity contribution is -0.385. The van der Waals surface area contributed by atoms with Gasteiger partial charge in [-0.25, -0.2) is 12.8 Å². The highest BCUT2D eigenvalue weighted by Crippen LogP contribution is 2.22. The van der Waals surface area contributed by atoms with Crippen LogP contribution in [-0.4, -0.2) is 50.6 Å². The molecular weight excluding hydrogens is 379 g/mol. The number of amides is 1. The van der Waals surface area contributed by atoms with Crippen molar-refractivity contribution in [3.05, 3.63) is 64.0 Å². The lowest BCUT2D eigenvalue weighted by Crippen LogP contribution is -2.31. The molecule has 144 valence electrons. The van der Waals surface area contributed by atoms with Crippen molar-refractivity contribution in [1.29, 1.82) is 0 Å². The van der Waals surface area contributed by atoms with Crippen molar-refractivity contribution in [3.8, 4) is 5.75 Å². The van der Waals surface area contributed by atoms with Gasteiger partial charge in [0.1, 0.15) is 6.61 Å². The molecule has 0 atom stereocenters. The Kier molecular flexibility index (Phi) is 6.11. The fraction of sp³-hybridized carbons (Fsp3) is 0.235. The van der Waals surface area contributed by atoms with Crippen LogP contribution in [0, 0.1) is 15.9 Å². The van der Waals surface area contributed by atoms with Gasteiger partial charge in [0.2, 0.25) is 0 Å². The summed E-state index contributed by atoms with van der Waals surface area (Å²) in [5.41, 5.74) is -0.643. The molecule has 2 rings (SSSR count). The van der Waals surface area contributed by atoms with E-state index in [2.05, 4.69) is 0 Å². The van der Waals surface area contributed by atoms with Crippen LogP contribution in [0.4, 0.5) is 10.1 Å². The number of sulfone groups is 1. The van der Waals surface area contributed by atoms with Crippen molar-refractivity contribution >= 4 is 21.4 Å². The molecule has 0 aliphatic rings. The number of nitrogens with zero attached hydrogens (tertiary/aromatic N) is 2. The Morgan fingerprint density at radius 1 is 1.26 bits per heavy atom. The first-order valence-electron chi connectivity index (χ1n) is 7.72. The summed E-state index contributed by atoms with van der Waals surface area (Å²) in [6.07, 6.45) is 0.895. The standard InChI is InChI=1S/C17H17FN2O6S/c1-19(7-8-26-16-6-4-3-5-15(16)18)17(21)12-9-13(20(22)23)11-14(10-12)27(2,24)25/h3-6,9-11H,7-8H2,1-2H3. The van der Waals surface area contributed by atoms with E-state index in [0.29, 0.717) is 0 Å². The van der Waals surface area contributed by atoms with Crippen LogP contribution in [0.1, 0.15) is 10.4 Å². The van der Waals surface area contributed by atoms with E-state index in [9.17, 15) is 27.7 Å². The normalized spacial score (nSPS) is 11.1. The number of nitro benzene ring substituents is 1. The number of non-ortho nitro benzene ring substituents is 1. The number of para-hydroxylation sites is 1. The number of nitro groups is 1. The number of benzene rings is 2. The lowest BCUT2D eigenvalue weighted by Gasteiger charge is -2.18. The lowest BCUT2D eigenvalue weighted by atomic mass is 10.2. The quantitative estimate of drug-likeness (QED) is 0.525. The predicted molar refractivity (Wildman–Crippen MR) is 95.1 cm³/mol. The summed E-state index contributed by atoms with van der Waals surface area (Å²) in [5, 5.41) is 11.0. The van der Waals surface area contributed by atoms with Crippen LogP contribution < -0.4 is 4.74 Å². The molecule has 27 heavy (non-hydrogen) atoms. The summed E-state index contributed by atoms with van der Waals surface area (Å²) in [6, 6.07) is 8.77. The SMILES string of the molecule is CN(CCOc1ccccc1F)C(=O)c1cc([N+](=O)[O-])cc(S(C)(=O)=O)c1. The van der Waals surface area contributed by atoms with Gasteiger partial charge in [-0.1, -0.05) is 12.1 Å². The highest BCUT2D eigenvalue weighted by Gasteiger charge is 2.21. The van der Waals surface area contributed by atoms with E-state index >= 15 is 0 Å². The Bertz CT molecular complexity index is 977. The van der Waals surface area contributed by atoms with Crippen LogP contribution >= 0.6 is 0 Å². The molecule has 8 nitrogen and oxygen atoms in total. The van der Waals surface area contributed by atoms with E-state index in [1.165, 1.54) is 30.1 Å². The second kappa shape index (κ2) is 8.12.